The van der Waals surface area contributed by atoms with Crippen LogP contribution in [0.5, 0.6) is 0 Å². The van der Waals surface area contributed by atoms with Crippen LogP contribution >= 0.6 is 11.8 Å². The highest BCUT2D eigenvalue weighted by atomic mass is 32.2. The topological polar surface area (TPSA) is 63.4 Å². The summed E-state index contributed by atoms with van der Waals surface area (Å²) in [6.45, 7) is 6.32. The van der Waals surface area contributed by atoms with Crippen LogP contribution in [0, 0.1) is 5.41 Å². The standard InChI is InChI=1S/C10H22N2O2S2/c1-10(2,7-11)8-12-4-5-15-6-9(12)16(3,13)14/h9H,4-8,11H2,1-3H3. The van der Waals surface area contributed by atoms with E-state index in [-0.39, 0.29) is 10.8 Å². The molecule has 0 saturated carbocycles. The monoisotopic (exact) mass is 266 g/mol. The first-order chi connectivity index (χ1) is 7.26. The lowest BCUT2D eigenvalue weighted by Crippen LogP contribution is -2.51. The molecule has 0 amide bonds. The van der Waals surface area contributed by atoms with Crippen molar-refractivity contribution < 1.29 is 8.42 Å². The summed E-state index contributed by atoms with van der Waals surface area (Å²) in [4.78, 5) is 2.07. The van der Waals surface area contributed by atoms with Crippen LogP contribution in [-0.2, 0) is 9.84 Å². The van der Waals surface area contributed by atoms with Gasteiger partial charge in [0.2, 0.25) is 0 Å². The number of nitrogens with two attached hydrogens (primary N) is 1. The second-order valence-electron chi connectivity index (χ2n) is 5.20. The molecule has 0 aromatic heterocycles. The van der Waals surface area contributed by atoms with Gasteiger partial charge in [-0.15, -0.1) is 0 Å². The molecule has 0 radical (unpaired) electrons. The lowest BCUT2D eigenvalue weighted by molar-refractivity contribution is 0.180. The maximum Gasteiger partial charge on any atom is 0.164 e. The number of rotatable bonds is 4. The van der Waals surface area contributed by atoms with Crippen molar-refractivity contribution in [3.05, 3.63) is 0 Å². The number of hydrogen-bond donors (Lipinski definition) is 1. The lowest BCUT2D eigenvalue weighted by atomic mass is 9.93. The van der Waals surface area contributed by atoms with Gasteiger partial charge in [-0.25, -0.2) is 8.42 Å². The Morgan fingerprint density at radius 3 is 2.62 bits per heavy atom. The van der Waals surface area contributed by atoms with Crippen molar-refractivity contribution in [2.45, 2.75) is 19.2 Å². The Morgan fingerprint density at radius 2 is 2.12 bits per heavy atom. The molecule has 0 aromatic rings. The molecular weight excluding hydrogens is 244 g/mol. The molecule has 1 atom stereocenters. The van der Waals surface area contributed by atoms with Crippen LogP contribution in [0.4, 0.5) is 0 Å². The van der Waals surface area contributed by atoms with Crippen molar-refractivity contribution in [1.82, 2.24) is 4.90 Å². The molecule has 1 aliphatic rings. The largest absolute Gasteiger partial charge is 0.330 e. The molecule has 0 spiro atoms. The summed E-state index contributed by atoms with van der Waals surface area (Å²) in [7, 11) is -2.99. The van der Waals surface area contributed by atoms with Gasteiger partial charge >= 0.3 is 0 Å². The lowest BCUT2D eigenvalue weighted by Gasteiger charge is -2.38. The summed E-state index contributed by atoms with van der Waals surface area (Å²) >= 11 is 1.72. The second kappa shape index (κ2) is 5.25. The molecule has 16 heavy (non-hydrogen) atoms. The smallest absolute Gasteiger partial charge is 0.164 e. The minimum Gasteiger partial charge on any atom is -0.330 e. The van der Waals surface area contributed by atoms with E-state index < -0.39 is 9.84 Å². The minimum absolute atomic E-state index is 0.0229. The molecule has 1 fully saturated rings. The summed E-state index contributed by atoms with van der Waals surface area (Å²) in [5.74, 6) is 1.69. The molecule has 2 N–H and O–H groups in total. The molecule has 4 nitrogen and oxygen atoms in total. The van der Waals surface area contributed by atoms with E-state index in [1.165, 1.54) is 6.26 Å². The van der Waals surface area contributed by atoms with Crippen LogP contribution in [-0.4, -0.2) is 56.1 Å². The summed E-state index contributed by atoms with van der Waals surface area (Å²) in [5.41, 5.74) is 5.67. The van der Waals surface area contributed by atoms with Gasteiger partial charge in [0, 0.05) is 30.9 Å². The van der Waals surface area contributed by atoms with Crippen LogP contribution in [0.2, 0.25) is 0 Å². The van der Waals surface area contributed by atoms with E-state index in [1.807, 2.05) is 0 Å². The summed E-state index contributed by atoms with van der Waals surface area (Å²) < 4.78 is 23.4. The average Bonchev–Trinajstić information content (AvgIpc) is 2.16. The van der Waals surface area contributed by atoms with Crippen LogP contribution in [0.3, 0.4) is 0 Å². The Hall–Kier alpha value is 0.220. The highest BCUT2D eigenvalue weighted by molar-refractivity contribution is 8.00. The average molecular weight is 266 g/mol. The van der Waals surface area contributed by atoms with Gasteiger partial charge in [0.15, 0.2) is 9.84 Å². The van der Waals surface area contributed by atoms with Gasteiger partial charge in [-0.3, -0.25) is 4.90 Å². The fourth-order valence-corrected chi connectivity index (χ4v) is 4.75. The van der Waals surface area contributed by atoms with Gasteiger partial charge in [0.25, 0.3) is 0 Å². The molecule has 1 heterocycles. The summed E-state index contributed by atoms with van der Waals surface area (Å²) in [6, 6.07) is 0. The van der Waals surface area contributed by atoms with E-state index in [9.17, 15) is 8.42 Å². The normalized spacial score (nSPS) is 24.6. The summed E-state index contributed by atoms with van der Waals surface area (Å²) in [5, 5.41) is -0.336. The highest BCUT2D eigenvalue weighted by Crippen LogP contribution is 2.24. The first-order valence-corrected chi connectivity index (χ1v) is 8.58. The Kier molecular flexibility index (Phi) is 4.68. The van der Waals surface area contributed by atoms with E-state index in [2.05, 4.69) is 18.7 Å². The molecule has 1 rings (SSSR count). The molecular formula is C10H22N2O2S2. The van der Waals surface area contributed by atoms with E-state index in [0.29, 0.717) is 12.3 Å². The number of thioether (sulfide) groups is 1. The Bertz CT molecular complexity index is 328. The van der Waals surface area contributed by atoms with Crippen molar-refractivity contribution in [1.29, 1.82) is 0 Å². The van der Waals surface area contributed by atoms with Gasteiger partial charge in [-0.2, -0.15) is 11.8 Å². The van der Waals surface area contributed by atoms with Crippen molar-refractivity contribution in [3.63, 3.8) is 0 Å². The molecule has 0 aliphatic carbocycles. The minimum atomic E-state index is -2.99. The van der Waals surface area contributed by atoms with Crippen LogP contribution in [0.25, 0.3) is 0 Å². The zero-order chi connectivity index (χ0) is 12.4. The zero-order valence-electron chi connectivity index (χ0n) is 10.3. The maximum absolute atomic E-state index is 11.7. The fraction of sp³-hybridized carbons (Fsp3) is 1.00. The van der Waals surface area contributed by atoms with Crippen LogP contribution < -0.4 is 5.73 Å². The zero-order valence-corrected chi connectivity index (χ0v) is 11.9. The van der Waals surface area contributed by atoms with Crippen molar-refractivity contribution in [2.75, 3.05) is 37.4 Å². The van der Waals surface area contributed by atoms with Crippen molar-refractivity contribution >= 4 is 21.6 Å². The van der Waals surface area contributed by atoms with Crippen molar-refractivity contribution in [3.8, 4) is 0 Å². The third-order valence-electron chi connectivity index (χ3n) is 2.87. The van der Waals surface area contributed by atoms with Gasteiger partial charge < -0.3 is 5.73 Å². The maximum atomic E-state index is 11.7. The fourth-order valence-electron chi connectivity index (χ4n) is 1.80. The SMILES string of the molecule is CC(C)(CN)CN1CCSCC1S(C)(=O)=O. The second-order valence-corrected chi connectivity index (χ2v) is 8.55. The van der Waals surface area contributed by atoms with Gasteiger partial charge in [0.05, 0.1) is 0 Å². The molecule has 1 unspecified atom stereocenters. The number of sulfone groups is 1. The van der Waals surface area contributed by atoms with Gasteiger partial charge in [0.1, 0.15) is 5.37 Å². The highest BCUT2D eigenvalue weighted by Gasteiger charge is 2.33. The van der Waals surface area contributed by atoms with E-state index >= 15 is 0 Å². The van der Waals surface area contributed by atoms with Crippen LogP contribution in [0.1, 0.15) is 13.8 Å². The van der Waals surface area contributed by atoms with Gasteiger partial charge in [-0.1, -0.05) is 13.8 Å². The third kappa shape index (κ3) is 3.91. The molecule has 6 heteroatoms. The molecule has 0 bridgehead atoms. The molecule has 1 saturated heterocycles. The summed E-state index contributed by atoms with van der Waals surface area (Å²) in [6.07, 6.45) is 1.33. The van der Waals surface area contributed by atoms with Crippen LogP contribution in [0.15, 0.2) is 0 Å². The third-order valence-corrected chi connectivity index (χ3v) is 5.56. The predicted molar refractivity (Wildman–Crippen MR) is 70.4 cm³/mol. The first-order valence-electron chi connectivity index (χ1n) is 5.47. The van der Waals surface area contributed by atoms with E-state index in [1.54, 1.807) is 11.8 Å². The Morgan fingerprint density at radius 1 is 1.50 bits per heavy atom. The molecule has 1 aliphatic heterocycles. The quantitative estimate of drug-likeness (QED) is 0.797. The van der Waals surface area contributed by atoms with Crippen molar-refractivity contribution in [2.24, 2.45) is 11.1 Å². The van der Waals surface area contributed by atoms with Gasteiger partial charge in [-0.05, 0) is 12.0 Å². The first kappa shape index (κ1) is 14.3. The Balaban J connectivity index is 2.76. The van der Waals surface area contributed by atoms with E-state index in [0.717, 1.165) is 18.8 Å². The molecule has 96 valence electrons. The predicted octanol–water partition coefficient (Wildman–Crippen LogP) is 0.391. The Labute approximate surface area is 103 Å². The molecule has 0 aromatic carbocycles. The number of nitrogens with zero attached hydrogens (tertiary/aromatic N) is 1. The number of hydrogen-bond acceptors (Lipinski definition) is 5. The van der Waals surface area contributed by atoms with E-state index in [4.69, 9.17) is 5.73 Å².